The molecule has 1 fully saturated rings. The van der Waals surface area contributed by atoms with Gasteiger partial charge in [-0.15, -0.1) is 11.3 Å². The third kappa shape index (κ3) is 3.24. The van der Waals surface area contributed by atoms with Crippen LogP contribution in [0.4, 0.5) is 5.82 Å². The lowest BCUT2D eigenvalue weighted by Crippen LogP contribution is -2.31. The molecule has 21 heavy (non-hydrogen) atoms. The van der Waals surface area contributed by atoms with Crippen LogP contribution in [-0.4, -0.2) is 29.5 Å². The van der Waals surface area contributed by atoms with Gasteiger partial charge in [0.05, 0.1) is 5.69 Å². The van der Waals surface area contributed by atoms with Gasteiger partial charge >= 0.3 is 0 Å². The third-order valence-corrected chi connectivity index (χ3v) is 5.06. The number of nitrogens with one attached hydrogen (secondary N) is 1. The number of anilines is 1. The molecule has 0 radical (unpaired) electrons. The summed E-state index contributed by atoms with van der Waals surface area (Å²) in [6.07, 6.45) is 6.31. The van der Waals surface area contributed by atoms with E-state index in [4.69, 9.17) is 4.98 Å². The zero-order valence-electron chi connectivity index (χ0n) is 13.3. The van der Waals surface area contributed by atoms with E-state index in [1.165, 1.54) is 25.0 Å². The van der Waals surface area contributed by atoms with Crippen molar-refractivity contribution in [3.63, 3.8) is 0 Å². The first kappa shape index (κ1) is 14.9. The highest BCUT2D eigenvalue weighted by Crippen LogP contribution is 2.30. The summed E-state index contributed by atoms with van der Waals surface area (Å²) in [5, 5.41) is 5.68. The Balaban J connectivity index is 1.77. The number of thiazole rings is 1. The molecule has 1 aliphatic rings. The second-order valence-corrected chi connectivity index (χ2v) is 7.51. The van der Waals surface area contributed by atoms with E-state index >= 15 is 0 Å². The van der Waals surface area contributed by atoms with Crippen molar-refractivity contribution in [3.05, 3.63) is 17.3 Å². The second-order valence-electron chi connectivity index (χ2n) is 6.64. The summed E-state index contributed by atoms with van der Waals surface area (Å²) < 4.78 is 2.24. The van der Waals surface area contributed by atoms with Gasteiger partial charge in [0.1, 0.15) is 0 Å². The van der Waals surface area contributed by atoms with E-state index in [1.807, 2.05) is 0 Å². The lowest BCUT2D eigenvalue weighted by atomic mass is 9.85. The van der Waals surface area contributed by atoms with Crippen LogP contribution in [0.25, 0.3) is 4.96 Å². The SMILES string of the molecule is CC(C)CNCc1c(N(C)CC2CCC2)nc2sccn12. The molecule has 5 heteroatoms. The van der Waals surface area contributed by atoms with Crippen molar-refractivity contribution in [3.8, 4) is 0 Å². The van der Waals surface area contributed by atoms with Crippen molar-refractivity contribution in [2.75, 3.05) is 25.0 Å². The first-order valence-electron chi connectivity index (χ1n) is 8.01. The van der Waals surface area contributed by atoms with Crippen LogP contribution in [0.1, 0.15) is 38.8 Å². The molecular weight excluding hydrogens is 280 g/mol. The van der Waals surface area contributed by atoms with E-state index in [-0.39, 0.29) is 0 Å². The largest absolute Gasteiger partial charge is 0.358 e. The van der Waals surface area contributed by atoms with Crippen molar-refractivity contribution < 1.29 is 0 Å². The predicted molar refractivity (Wildman–Crippen MR) is 90.2 cm³/mol. The summed E-state index contributed by atoms with van der Waals surface area (Å²) in [5.41, 5.74) is 1.30. The summed E-state index contributed by atoms with van der Waals surface area (Å²) >= 11 is 1.72. The summed E-state index contributed by atoms with van der Waals surface area (Å²) in [5.74, 6) is 2.70. The zero-order chi connectivity index (χ0) is 14.8. The van der Waals surface area contributed by atoms with E-state index in [0.717, 1.165) is 36.3 Å². The van der Waals surface area contributed by atoms with Gasteiger partial charge in [0.2, 0.25) is 0 Å². The van der Waals surface area contributed by atoms with Crippen molar-refractivity contribution >= 4 is 22.1 Å². The Morgan fingerprint density at radius 1 is 1.48 bits per heavy atom. The normalized spacial score (nSPS) is 15.8. The fraction of sp³-hybridized carbons (Fsp3) is 0.688. The Morgan fingerprint density at radius 2 is 2.29 bits per heavy atom. The molecule has 0 saturated heterocycles. The highest BCUT2D eigenvalue weighted by Gasteiger charge is 2.22. The average molecular weight is 306 g/mol. The molecule has 1 N–H and O–H groups in total. The molecule has 4 nitrogen and oxygen atoms in total. The molecule has 0 bridgehead atoms. The predicted octanol–water partition coefficient (Wildman–Crippen LogP) is 3.38. The van der Waals surface area contributed by atoms with Gasteiger partial charge in [-0.05, 0) is 31.2 Å². The molecular formula is C16H26N4S. The van der Waals surface area contributed by atoms with E-state index in [0.29, 0.717) is 5.92 Å². The van der Waals surface area contributed by atoms with Gasteiger partial charge in [-0.3, -0.25) is 4.40 Å². The quantitative estimate of drug-likeness (QED) is 0.851. The summed E-state index contributed by atoms with van der Waals surface area (Å²) in [6.45, 7) is 7.56. The average Bonchev–Trinajstić information content (AvgIpc) is 2.95. The smallest absolute Gasteiger partial charge is 0.195 e. The summed E-state index contributed by atoms with van der Waals surface area (Å²) in [6, 6.07) is 0. The maximum Gasteiger partial charge on any atom is 0.195 e. The lowest BCUT2D eigenvalue weighted by Gasteiger charge is -2.30. The summed E-state index contributed by atoms with van der Waals surface area (Å²) in [7, 11) is 2.19. The molecule has 2 heterocycles. The van der Waals surface area contributed by atoms with Gasteiger partial charge in [-0.25, -0.2) is 4.98 Å². The standard InChI is InChI=1S/C16H26N4S/c1-12(2)9-17-10-14-15(18-16-20(14)7-8-21-16)19(3)11-13-5-4-6-13/h7-8,12-13,17H,4-6,9-11H2,1-3H3. The van der Waals surface area contributed by atoms with Crippen LogP contribution in [0.15, 0.2) is 11.6 Å². The Hall–Kier alpha value is -1.07. The van der Waals surface area contributed by atoms with Crippen LogP contribution < -0.4 is 10.2 Å². The minimum Gasteiger partial charge on any atom is -0.358 e. The van der Waals surface area contributed by atoms with Gasteiger partial charge in [0.25, 0.3) is 0 Å². The molecule has 1 aliphatic carbocycles. The number of nitrogens with zero attached hydrogens (tertiary/aromatic N) is 3. The lowest BCUT2D eigenvalue weighted by molar-refractivity contribution is 0.321. The molecule has 0 amide bonds. The molecule has 0 aromatic carbocycles. The van der Waals surface area contributed by atoms with Crippen molar-refractivity contribution in [2.45, 2.75) is 39.7 Å². The maximum absolute atomic E-state index is 4.85. The number of rotatable bonds is 7. The van der Waals surface area contributed by atoms with E-state index < -0.39 is 0 Å². The van der Waals surface area contributed by atoms with Crippen LogP contribution in [0, 0.1) is 11.8 Å². The highest BCUT2D eigenvalue weighted by atomic mass is 32.1. The van der Waals surface area contributed by atoms with Gasteiger partial charge in [0, 0.05) is 31.7 Å². The highest BCUT2D eigenvalue weighted by molar-refractivity contribution is 7.15. The number of imidazole rings is 1. The van der Waals surface area contributed by atoms with E-state index in [1.54, 1.807) is 11.3 Å². The van der Waals surface area contributed by atoms with Crippen LogP contribution in [0.3, 0.4) is 0 Å². The van der Waals surface area contributed by atoms with E-state index in [9.17, 15) is 0 Å². The number of fused-ring (bicyclic) bond motifs is 1. The minimum atomic E-state index is 0.673. The minimum absolute atomic E-state index is 0.673. The van der Waals surface area contributed by atoms with Crippen LogP contribution in [0.2, 0.25) is 0 Å². The topological polar surface area (TPSA) is 32.6 Å². The van der Waals surface area contributed by atoms with E-state index in [2.05, 4.69) is 47.1 Å². The van der Waals surface area contributed by atoms with Crippen molar-refractivity contribution in [1.29, 1.82) is 0 Å². The number of hydrogen-bond acceptors (Lipinski definition) is 4. The Bertz CT molecular complexity index is 582. The molecule has 0 aliphatic heterocycles. The molecule has 0 atom stereocenters. The van der Waals surface area contributed by atoms with Crippen molar-refractivity contribution in [1.82, 2.24) is 14.7 Å². The fourth-order valence-electron chi connectivity index (χ4n) is 2.92. The van der Waals surface area contributed by atoms with Gasteiger partial charge in [-0.1, -0.05) is 20.3 Å². The van der Waals surface area contributed by atoms with Crippen LogP contribution in [-0.2, 0) is 6.54 Å². The number of aromatic nitrogens is 2. The molecule has 2 aromatic heterocycles. The molecule has 1 saturated carbocycles. The number of hydrogen-bond donors (Lipinski definition) is 1. The molecule has 116 valence electrons. The molecule has 0 unspecified atom stereocenters. The fourth-order valence-corrected chi connectivity index (χ4v) is 3.65. The van der Waals surface area contributed by atoms with Gasteiger partial charge < -0.3 is 10.2 Å². The Morgan fingerprint density at radius 3 is 2.95 bits per heavy atom. The third-order valence-electron chi connectivity index (χ3n) is 4.30. The molecule has 2 aromatic rings. The molecule has 0 spiro atoms. The summed E-state index contributed by atoms with van der Waals surface area (Å²) in [4.78, 5) is 8.31. The Kier molecular flexibility index (Phi) is 4.50. The van der Waals surface area contributed by atoms with Crippen LogP contribution >= 0.6 is 11.3 Å². The van der Waals surface area contributed by atoms with Crippen molar-refractivity contribution in [2.24, 2.45) is 11.8 Å². The van der Waals surface area contributed by atoms with Gasteiger partial charge in [-0.2, -0.15) is 0 Å². The molecule has 3 rings (SSSR count). The monoisotopic (exact) mass is 306 g/mol. The zero-order valence-corrected chi connectivity index (χ0v) is 14.1. The second kappa shape index (κ2) is 6.36. The first-order valence-corrected chi connectivity index (χ1v) is 8.89. The first-order chi connectivity index (χ1) is 10.1. The Labute approximate surface area is 131 Å². The van der Waals surface area contributed by atoms with Crippen LogP contribution in [0.5, 0.6) is 0 Å². The maximum atomic E-state index is 4.85. The van der Waals surface area contributed by atoms with Gasteiger partial charge in [0.15, 0.2) is 10.8 Å².